The standard InChI is InChI=1S/C17H23NO4/c1-11-9-14(10-18(11)16(21)22-17(2,3)4)12-5-7-13(8-6-12)15(19)20/h5-8,11,14H,9-10H2,1-4H3,(H,19,20)/t11-,14+/m0/s1. The van der Waals surface area contributed by atoms with Gasteiger partial charge in [0.25, 0.3) is 0 Å². The summed E-state index contributed by atoms with van der Waals surface area (Å²) in [7, 11) is 0. The average Bonchev–Trinajstić information content (AvgIpc) is 2.79. The molecule has 0 aliphatic carbocycles. The van der Waals surface area contributed by atoms with Crippen LogP contribution in [0.3, 0.4) is 0 Å². The summed E-state index contributed by atoms with van der Waals surface area (Å²) in [5.41, 5.74) is 0.833. The van der Waals surface area contributed by atoms with E-state index in [9.17, 15) is 9.59 Å². The first-order chi connectivity index (χ1) is 10.2. The van der Waals surface area contributed by atoms with Gasteiger partial charge < -0.3 is 14.7 Å². The van der Waals surface area contributed by atoms with E-state index in [1.807, 2.05) is 39.8 Å². The van der Waals surface area contributed by atoms with Crippen molar-refractivity contribution in [1.82, 2.24) is 4.90 Å². The summed E-state index contributed by atoms with van der Waals surface area (Å²) in [5.74, 6) is -0.716. The summed E-state index contributed by atoms with van der Waals surface area (Å²) in [5, 5.41) is 8.94. The zero-order valence-corrected chi connectivity index (χ0v) is 13.5. The van der Waals surface area contributed by atoms with Gasteiger partial charge in [0, 0.05) is 18.5 Å². The number of amides is 1. The number of benzene rings is 1. The van der Waals surface area contributed by atoms with Crippen molar-refractivity contribution in [3.05, 3.63) is 35.4 Å². The Labute approximate surface area is 130 Å². The van der Waals surface area contributed by atoms with E-state index in [4.69, 9.17) is 9.84 Å². The number of nitrogens with zero attached hydrogens (tertiary/aromatic N) is 1. The first kappa shape index (κ1) is 16.3. The number of hydrogen-bond acceptors (Lipinski definition) is 3. The van der Waals surface area contributed by atoms with E-state index < -0.39 is 11.6 Å². The highest BCUT2D eigenvalue weighted by atomic mass is 16.6. The lowest BCUT2D eigenvalue weighted by molar-refractivity contribution is 0.0237. The van der Waals surface area contributed by atoms with Crippen LogP contribution in [0.4, 0.5) is 4.79 Å². The van der Waals surface area contributed by atoms with Crippen LogP contribution in [0.25, 0.3) is 0 Å². The number of carbonyl (C=O) groups excluding carboxylic acids is 1. The zero-order valence-electron chi connectivity index (χ0n) is 13.5. The molecule has 0 unspecified atom stereocenters. The molecule has 0 radical (unpaired) electrons. The van der Waals surface area contributed by atoms with E-state index in [0.29, 0.717) is 6.54 Å². The molecule has 2 atom stereocenters. The van der Waals surface area contributed by atoms with Crippen LogP contribution in [0.15, 0.2) is 24.3 Å². The zero-order chi connectivity index (χ0) is 16.5. The highest BCUT2D eigenvalue weighted by molar-refractivity contribution is 5.87. The van der Waals surface area contributed by atoms with Crippen LogP contribution in [0.2, 0.25) is 0 Å². The third-order valence-corrected chi connectivity index (χ3v) is 3.83. The van der Waals surface area contributed by atoms with Gasteiger partial charge in [-0.05, 0) is 51.8 Å². The van der Waals surface area contributed by atoms with Crippen molar-refractivity contribution in [2.24, 2.45) is 0 Å². The third kappa shape index (κ3) is 3.78. The summed E-state index contributed by atoms with van der Waals surface area (Å²) in [4.78, 5) is 24.9. The molecule has 1 aromatic rings. The van der Waals surface area contributed by atoms with E-state index in [2.05, 4.69) is 0 Å². The highest BCUT2D eigenvalue weighted by Crippen LogP contribution is 2.32. The molecule has 1 fully saturated rings. The Morgan fingerprint density at radius 1 is 1.23 bits per heavy atom. The van der Waals surface area contributed by atoms with Gasteiger partial charge >= 0.3 is 12.1 Å². The van der Waals surface area contributed by atoms with Gasteiger partial charge in [0.15, 0.2) is 0 Å². The second-order valence-corrected chi connectivity index (χ2v) is 6.84. The number of rotatable bonds is 2. The predicted molar refractivity (Wildman–Crippen MR) is 83.2 cm³/mol. The number of carboxylic acids is 1. The van der Waals surface area contributed by atoms with E-state index in [0.717, 1.165) is 12.0 Å². The quantitative estimate of drug-likeness (QED) is 0.908. The van der Waals surface area contributed by atoms with Crippen LogP contribution in [0.1, 0.15) is 56.0 Å². The normalized spacial score (nSPS) is 21.7. The number of aromatic carboxylic acids is 1. The van der Waals surface area contributed by atoms with E-state index in [-0.39, 0.29) is 23.6 Å². The van der Waals surface area contributed by atoms with Crippen LogP contribution < -0.4 is 0 Å². The largest absolute Gasteiger partial charge is 0.478 e. The van der Waals surface area contributed by atoms with Gasteiger partial charge in [-0.25, -0.2) is 9.59 Å². The molecular formula is C17H23NO4. The molecule has 0 saturated carbocycles. The molecule has 0 bridgehead atoms. The monoisotopic (exact) mass is 305 g/mol. The molecular weight excluding hydrogens is 282 g/mol. The van der Waals surface area contributed by atoms with E-state index >= 15 is 0 Å². The maximum absolute atomic E-state index is 12.2. The number of hydrogen-bond donors (Lipinski definition) is 1. The van der Waals surface area contributed by atoms with Gasteiger partial charge in [0.1, 0.15) is 5.60 Å². The Morgan fingerprint density at radius 2 is 1.82 bits per heavy atom. The number of likely N-dealkylation sites (tertiary alicyclic amines) is 1. The van der Waals surface area contributed by atoms with Gasteiger partial charge in [-0.1, -0.05) is 12.1 Å². The van der Waals surface area contributed by atoms with Crippen molar-refractivity contribution >= 4 is 12.1 Å². The van der Waals surface area contributed by atoms with Crippen LogP contribution in [0, 0.1) is 0 Å². The highest BCUT2D eigenvalue weighted by Gasteiger charge is 2.35. The van der Waals surface area contributed by atoms with Crippen LogP contribution >= 0.6 is 0 Å². The van der Waals surface area contributed by atoms with Gasteiger partial charge in [-0.2, -0.15) is 0 Å². The van der Waals surface area contributed by atoms with Crippen molar-refractivity contribution in [2.75, 3.05) is 6.54 Å². The number of carboxylic acid groups (broad SMARTS) is 1. The SMILES string of the molecule is C[C@H]1C[C@@H](c2ccc(C(=O)O)cc2)CN1C(=O)OC(C)(C)C. The van der Waals surface area contributed by atoms with E-state index in [1.165, 1.54) is 0 Å². The molecule has 5 nitrogen and oxygen atoms in total. The van der Waals surface area contributed by atoms with Crippen molar-refractivity contribution in [1.29, 1.82) is 0 Å². The Kier molecular flexibility index (Phi) is 4.44. The number of ether oxygens (including phenoxy) is 1. The predicted octanol–water partition coefficient (Wildman–Crippen LogP) is 3.50. The van der Waals surface area contributed by atoms with Gasteiger partial charge in [0.2, 0.25) is 0 Å². The molecule has 0 spiro atoms. The molecule has 1 aliphatic heterocycles. The van der Waals surface area contributed by atoms with Crippen molar-refractivity contribution in [2.45, 2.75) is 51.7 Å². The maximum Gasteiger partial charge on any atom is 0.410 e. The first-order valence-corrected chi connectivity index (χ1v) is 7.50. The fourth-order valence-corrected chi connectivity index (χ4v) is 2.75. The Hall–Kier alpha value is -2.04. The first-order valence-electron chi connectivity index (χ1n) is 7.50. The summed E-state index contributed by atoms with van der Waals surface area (Å²) in [6.45, 7) is 8.17. The Morgan fingerprint density at radius 3 is 2.32 bits per heavy atom. The maximum atomic E-state index is 12.2. The second-order valence-electron chi connectivity index (χ2n) is 6.84. The smallest absolute Gasteiger partial charge is 0.410 e. The van der Waals surface area contributed by atoms with Crippen LogP contribution in [-0.2, 0) is 4.74 Å². The van der Waals surface area contributed by atoms with Crippen molar-refractivity contribution in [3.8, 4) is 0 Å². The third-order valence-electron chi connectivity index (χ3n) is 3.83. The topological polar surface area (TPSA) is 66.8 Å². The Bertz CT molecular complexity index is 559. The summed E-state index contributed by atoms with van der Waals surface area (Å²) >= 11 is 0. The molecule has 1 aromatic carbocycles. The number of carbonyl (C=O) groups is 2. The molecule has 0 aromatic heterocycles. The summed E-state index contributed by atoms with van der Waals surface area (Å²) in [6, 6.07) is 6.99. The fraction of sp³-hybridized carbons (Fsp3) is 0.529. The van der Waals surface area contributed by atoms with Crippen molar-refractivity contribution < 1.29 is 19.4 Å². The summed E-state index contributed by atoms with van der Waals surface area (Å²) < 4.78 is 5.44. The van der Waals surface area contributed by atoms with Gasteiger partial charge in [-0.15, -0.1) is 0 Å². The minimum Gasteiger partial charge on any atom is -0.478 e. The molecule has 1 heterocycles. The molecule has 1 saturated heterocycles. The minimum absolute atomic E-state index is 0.110. The average molecular weight is 305 g/mol. The van der Waals surface area contributed by atoms with Crippen LogP contribution in [-0.4, -0.2) is 40.3 Å². The molecule has 22 heavy (non-hydrogen) atoms. The lowest BCUT2D eigenvalue weighted by atomic mass is 9.96. The fourth-order valence-electron chi connectivity index (χ4n) is 2.75. The molecule has 1 N–H and O–H groups in total. The minimum atomic E-state index is -0.929. The second kappa shape index (κ2) is 5.99. The molecule has 1 aliphatic rings. The van der Waals surface area contributed by atoms with Gasteiger partial charge in [0.05, 0.1) is 5.56 Å². The van der Waals surface area contributed by atoms with E-state index in [1.54, 1.807) is 17.0 Å². The van der Waals surface area contributed by atoms with Gasteiger partial charge in [-0.3, -0.25) is 0 Å². The lowest BCUT2D eigenvalue weighted by Crippen LogP contribution is -2.38. The molecule has 5 heteroatoms. The van der Waals surface area contributed by atoms with Crippen molar-refractivity contribution in [3.63, 3.8) is 0 Å². The molecule has 1 amide bonds. The summed E-state index contributed by atoms with van der Waals surface area (Å²) in [6.07, 6.45) is 0.565. The Balaban J connectivity index is 2.07. The molecule has 120 valence electrons. The van der Waals surface area contributed by atoms with Crippen LogP contribution in [0.5, 0.6) is 0 Å². The molecule has 2 rings (SSSR count). The lowest BCUT2D eigenvalue weighted by Gasteiger charge is -2.27.